The minimum atomic E-state index is -4.44. The molecule has 1 heterocycles. The first-order chi connectivity index (χ1) is 15.5. The van der Waals surface area contributed by atoms with E-state index in [2.05, 4.69) is 0 Å². The molecule has 0 bridgehead atoms. The van der Waals surface area contributed by atoms with E-state index < -0.39 is 49.6 Å². The summed E-state index contributed by atoms with van der Waals surface area (Å²) in [6, 6.07) is 10.6. The number of aliphatic hydroxyl groups is 4. The van der Waals surface area contributed by atoms with Gasteiger partial charge in [0.2, 0.25) is 5.79 Å². The lowest BCUT2D eigenvalue weighted by Crippen LogP contribution is -2.64. The second kappa shape index (κ2) is 10.1. The van der Waals surface area contributed by atoms with E-state index in [9.17, 15) is 33.6 Å². The summed E-state index contributed by atoms with van der Waals surface area (Å²) in [7, 11) is 1.25. The highest BCUT2D eigenvalue weighted by Gasteiger charge is 2.55. The third-order valence-corrected chi connectivity index (χ3v) is 5.79. The fourth-order valence-corrected chi connectivity index (χ4v) is 3.87. The van der Waals surface area contributed by atoms with Crippen LogP contribution in [0.1, 0.15) is 16.7 Å². The second-order valence-corrected chi connectivity index (χ2v) is 8.07. The molecule has 0 saturated carbocycles. The Balaban J connectivity index is 1.86. The van der Waals surface area contributed by atoms with Gasteiger partial charge in [0.1, 0.15) is 30.2 Å². The molecule has 33 heavy (non-hydrogen) atoms. The number of alkyl halides is 3. The molecule has 0 amide bonds. The van der Waals surface area contributed by atoms with Gasteiger partial charge in [-0.3, -0.25) is 0 Å². The van der Waals surface area contributed by atoms with Gasteiger partial charge in [-0.25, -0.2) is 0 Å². The Morgan fingerprint density at radius 3 is 2.30 bits per heavy atom. The predicted molar refractivity (Wildman–Crippen MR) is 111 cm³/mol. The van der Waals surface area contributed by atoms with Gasteiger partial charge < -0.3 is 34.6 Å². The van der Waals surface area contributed by atoms with Crippen LogP contribution in [0.25, 0.3) is 0 Å². The van der Waals surface area contributed by atoms with Crippen molar-refractivity contribution in [1.82, 2.24) is 0 Å². The molecule has 0 aromatic heterocycles. The van der Waals surface area contributed by atoms with Gasteiger partial charge in [0.05, 0.1) is 6.61 Å². The summed E-state index contributed by atoms with van der Waals surface area (Å²) in [4.78, 5) is 0. The monoisotopic (exact) mass is 492 g/mol. The maximum absolute atomic E-state index is 12.3. The molecule has 1 saturated heterocycles. The third-order valence-electron chi connectivity index (χ3n) is 5.42. The smallest absolute Gasteiger partial charge is 0.422 e. The van der Waals surface area contributed by atoms with Gasteiger partial charge in [-0.1, -0.05) is 29.8 Å². The van der Waals surface area contributed by atoms with Gasteiger partial charge in [-0.2, -0.15) is 13.2 Å². The Hall–Kier alpha value is -1.92. The molecule has 1 aliphatic heterocycles. The molecule has 1 unspecified atom stereocenters. The molecule has 4 N–H and O–H groups in total. The average molecular weight is 493 g/mol. The first-order valence-corrected chi connectivity index (χ1v) is 10.3. The van der Waals surface area contributed by atoms with E-state index in [4.69, 9.17) is 25.8 Å². The lowest BCUT2D eigenvalue weighted by atomic mass is 9.87. The van der Waals surface area contributed by atoms with E-state index in [-0.39, 0.29) is 17.7 Å². The number of hydrogen-bond acceptors (Lipinski definition) is 7. The Kier molecular flexibility index (Phi) is 7.90. The van der Waals surface area contributed by atoms with Crippen molar-refractivity contribution in [2.75, 3.05) is 20.3 Å². The van der Waals surface area contributed by atoms with Crippen molar-refractivity contribution in [2.45, 2.75) is 42.8 Å². The Morgan fingerprint density at radius 2 is 1.73 bits per heavy atom. The zero-order valence-electron chi connectivity index (χ0n) is 17.5. The van der Waals surface area contributed by atoms with E-state index in [1.807, 2.05) is 0 Å². The zero-order valence-corrected chi connectivity index (χ0v) is 18.3. The Labute approximate surface area is 192 Å². The second-order valence-electron chi connectivity index (χ2n) is 7.67. The topological polar surface area (TPSA) is 109 Å². The van der Waals surface area contributed by atoms with Gasteiger partial charge in [-0.15, -0.1) is 0 Å². The van der Waals surface area contributed by atoms with Crippen molar-refractivity contribution in [3.05, 3.63) is 64.2 Å². The van der Waals surface area contributed by atoms with Gasteiger partial charge in [-0.05, 0) is 41.8 Å². The summed E-state index contributed by atoms with van der Waals surface area (Å²) in [5, 5.41) is 40.8. The molecule has 0 spiro atoms. The number of rotatable bonds is 7. The van der Waals surface area contributed by atoms with Crippen molar-refractivity contribution < 1.29 is 47.8 Å². The third kappa shape index (κ3) is 5.60. The standard InChI is InChI=1S/C22H24ClF3O7/c1-31-22(20(30)19(29)18(28)17(10-27)33-22)14-4-7-16(23)13(9-14)8-12-2-5-15(6-3-12)32-11-21(24,25)26/h2-7,9,17-20,27-30H,8,10-11H2,1H3/t17-,18-,19+,20-,22?/m1/s1. The minimum Gasteiger partial charge on any atom is -0.484 e. The predicted octanol–water partition coefficient (Wildman–Crippen LogP) is 2.14. The fraction of sp³-hybridized carbons (Fsp3) is 0.455. The SMILES string of the molecule is COC1(c2ccc(Cl)c(Cc3ccc(OCC(F)(F)F)cc3)c2)O[C@H](CO)[C@@H](O)[C@H](O)[C@H]1O. The molecule has 2 aromatic carbocycles. The fourth-order valence-electron chi connectivity index (χ4n) is 3.68. The highest BCUT2D eigenvalue weighted by molar-refractivity contribution is 6.31. The molecule has 182 valence electrons. The summed E-state index contributed by atoms with van der Waals surface area (Å²) in [5.41, 5.74) is 1.58. The van der Waals surface area contributed by atoms with Crippen LogP contribution in [0.4, 0.5) is 13.2 Å². The number of aliphatic hydroxyl groups excluding tert-OH is 4. The number of hydrogen-bond donors (Lipinski definition) is 4. The van der Waals surface area contributed by atoms with Crippen LogP contribution in [0.15, 0.2) is 42.5 Å². The van der Waals surface area contributed by atoms with Crippen LogP contribution in [-0.4, -0.2) is 71.3 Å². The van der Waals surface area contributed by atoms with Crippen LogP contribution in [0.5, 0.6) is 5.75 Å². The first-order valence-electron chi connectivity index (χ1n) is 9.96. The van der Waals surface area contributed by atoms with Gasteiger partial charge in [0.15, 0.2) is 6.61 Å². The molecular formula is C22H24ClF3O7. The Morgan fingerprint density at radius 1 is 1.06 bits per heavy atom. The number of ether oxygens (including phenoxy) is 3. The molecule has 0 radical (unpaired) electrons. The zero-order chi connectivity index (χ0) is 24.4. The van der Waals surface area contributed by atoms with Crippen molar-refractivity contribution in [1.29, 1.82) is 0 Å². The van der Waals surface area contributed by atoms with Gasteiger partial charge >= 0.3 is 6.18 Å². The molecular weight excluding hydrogens is 469 g/mol. The van der Waals surface area contributed by atoms with Crippen LogP contribution in [0.3, 0.4) is 0 Å². The van der Waals surface area contributed by atoms with E-state index in [0.717, 1.165) is 0 Å². The van der Waals surface area contributed by atoms with Crippen LogP contribution in [-0.2, 0) is 21.7 Å². The van der Waals surface area contributed by atoms with Gasteiger partial charge in [0.25, 0.3) is 0 Å². The average Bonchev–Trinajstić information content (AvgIpc) is 2.79. The lowest BCUT2D eigenvalue weighted by Gasteiger charge is -2.47. The largest absolute Gasteiger partial charge is 0.484 e. The van der Waals surface area contributed by atoms with E-state index in [1.165, 1.54) is 31.4 Å². The van der Waals surface area contributed by atoms with Crippen LogP contribution >= 0.6 is 11.6 Å². The lowest BCUT2D eigenvalue weighted by molar-refractivity contribution is -0.366. The minimum absolute atomic E-state index is 0.0653. The highest BCUT2D eigenvalue weighted by atomic mass is 35.5. The number of methoxy groups -OCH3 is 1. The quantitative estimate of drug-likeness (QED) is 0.469. The molecule has 3 rings (SSSR count). The van der Waals surface area contributed by atoms with E-state index >= 15 is 0 Å². The summed E-state index contributed by atoms with van der Waals surface area (Å²) < 4.78 is 52.7. The van der Waals surface area contributed by atoms with Crippen LogP contribution < -0.4 is 4.74 Å². The van der Waals surface area contributed by atoms with Crippen molar-refractivity contribution >= 4 is 11.6 Å². The Bertz CT molecular complexity index is 939. The first kappa shape index (κ1) is 25.7. The molecule has 2 aromatic rings. The number of halogens is 4. The van der Waals surface area contributed by atoms with Crippen molar-refractivity contribution in [3.63, 3.8) is 0 Å². The normalized spacial score (nSPS) is 28.0. The highest BCUT2D eigenvalue weighted by Crippen LogP contribution is 2.40. The van der Waals surface area contributed by atoms with Crippen LogP contribution in [0.2, 0.25) is 5.02 Å². The van der Waals surface area contributed by atoms with Crippen molar-refractivity contribution in [2.24, 2.45) is 0 Å². The summed E-state index contributed by atoms with van der Waals surface area (Å²) >= 11 is 6.33. The maximum atomic E-state index is 12.3. The van der Waals surface area contributed by atoms with Crippen molar-refractivity contribution in [3.8, 4) is 5.75 Å². The molecule has 0 aliphatic carbocycles. The summed E-state index contributed by atoms with van der Waals surface area (Å²) in [5.74, 6) is -1.82. The van der Waals surface area contributed by atoms with Crippen LogP contribution in [0, 0.1) is 0 Å². The molecule has 7 nitrogen and oxygen atoms in total. The molecule has 5 atom stereocenters. The summed E-state index contributed by atoms with van der Waals surface area (Å²) in [6.45, 7) is -2.02. The number of benzene rings is 2. The molecule has 11 heteroatoms. The molecule has 1 fully saturated rings. The summed E-state index contributed by atoms with van der Waals surface area (Å²) in [6.07, 6.45) is -10.2. The maximum Gasteiger partial charge on any atom is 0.422 e. The van der Waals surface area contributed by atoms with E-state index in [1.54, 1.807) is 18.2 Å². The molecule has 1 aliphatic rings. The van der Waals surface area contributed by atoms with E-state index in [0.29, 0.717) is 16.1 Å². The van der Waals surface area contributed by atoms with Gasteiger partial charge in [0, 0.05) is 17.7 Å².